The van der Waals surface area contributed by atoms with Crippen molar-refractivity contribution in [3.63, 3.8) is 0 Å². The van der Waals surface area contributed by atoms with Crippen LogP contribution in [0.15, 0.2) is 76.4 Å². The van der Waals surface area contributed by atoms with Crippen molar-refractivity contribution in [3.05, 3.63) is 83.1 Å². The number of aliphatic carboxylic acids is 1. The van der Waals surface area contributed by atoms with Crippen LogP contribution < -0.4 is 15.0 Å². The van der Waals surface area contributed by atoms with Gasteiger partial charge in [0.15, 0.2) is 5.43 Å². The van der Waals surface area contributed by atoms with Crippen LogP contribution in [0.5, 0.6) is 11.5 Å². The molecule has 4 heterocycles. The van der Waals surface area contributed by atoms with Gasteiger partial charge in [-0.05, 0) is 54.7 Å². The van der Waals surface area contributed by atoms with Crippen molar-refractivity contribution in [3.8, 4) is 22.6 Å². The predicted octanol–water partition coefficient (Wildman–Crippen LogP) is 3.38. The van der Waals surface area contributed by atoms with Crippen molar-refractivity contribution in [2.45, 2.75) is 63.8 Å². The molecule has 5 aromatic rings. The van der Waals surface area contributed by atoms with Gasteiger partial charge in [0.1, 0.15) is 54.7 Å². The number of carbonyl (C=O) groups excluding carboxylic acids is 1. The van der Waals surface area contributed by atoms with E-state index in [4.69, 9.17) is 28.6 Å². The molecule has 3 aromatic heterocycles. The highest BCUT2D eigenvalue weighted by atomic mass is 16.8. The molecule has 2 aromatic carbocycles. The molecule has 1 aliphatic rings. The molecule has 0 radical (unpaired) electrons. The smallest absolute Gasteiger partial charge is 0.317 e. The SMILES string of the molecule is CC(C)CCc1c2[nH]ccc2cn1O[C@@H]1[C@@H](Oc2ccc3c(=O)c(-c4ccc(O)cc4)coc3c2)O[C@@H](COC(=O)CC(=O)O)[C@H](O)[C@H]1O. The molecule has 49 heavy (non-hydrogen) atoms. The topological polar surface area (TPSA) is 203 Å². The van der Waals surface area contributed by atoms with E-state index in [-0.39, 0.29) is 27.9 Å². The van der Waals surface area contributed by atoms with E-state index in [1.54, 1.807) is 18.3 Å². The number of aliphatic hydroxyl groups excluding tert-OH is 2. The summed E-state index contributed by atoms with van der Waals surface area (Å²) in [5.41, 5.74) is 2.38. The first-order valence-electron chi connectivity index (χ1n) is 15.7. The molecular weight excluding hydrogens is 640 g/mol. The average Bonchev–Trinajstić information content (AvgIpc) is 3.64. The Kier molecular flexibility index (Phi) is 9.62. The second-order valence-corrected chi connectivity index (χ2v) is 12.3. The molecule has 0 saturated carbocycles. The van der Waals surface area contributed by atoms with Crippen LogP contribution in [0.4, 0.5) is 0 Å². The number of nitrogens with one attached hydrogen (secondary N) is 1. The summed E-state index contributed by atoms with van der Waals surface area (Å²) >= 11 is 0. The monoisotopic (exact) mass is 676 g/mol. The fourth-order valence-corrected chi connectivity index (χ4v) is 5.70. The highest BCUT2D eigenvalue weighted by Crippen LogP contribution is 2.30. The van der Waals surface area contributed by atoms with Gasteiger partial charge < -0.3 is 48.9 Å². The van der Waals surface area contributed by atoms with Gasteiger partial charge in [0.05, 0.1) is 28.4 Å². The molecule has 6 rings (SSSR count). The van der Waals surface area contributed by atoms with Crippen molar-refractivity contribution < 1.29 is 53.5 Å². The van der Waals surface area contributed by atoms with Crippen LogP contribution in [-0.4, -0.2) is 79.4 Å². The molecule has 1 aliphatic heterocycles. The molecule has 0 unspecified atom stereocenters. The van der Waals surface area contributed by atoms with Gasteiger partial charge in [-0.1, -0.05) is 26.0 Å². The zero-order chi connectivity index (χ0) is 34.8. The minimum atomic E-state index is -1.62. The number of esters is 1. The third kappa shape index (κ3) is 7.26. The first-order chi connectivity index (χ1) is 23.5. The number of rotatable bonds is 12. The highest BCUT2D eigenvalue weighted by molar-refractivity contribution is 5.90. The molecule has 14 nitrogen and oxygen atoms in total. The summed E-state index contributed by atoms with van der Waals surface area (Å²) in [6, 6.07) is 12.5. The maximum absolute atomic E-state index is 13.3. The van der Waals surface area contributed by atoms with E-state index >= 15 is 0 Å². The number of aromatic hydroxyl groups is 1. The number of ether oxygens (including phenoxy) is 3. The lowest BCUT2D eigenvalue weighted by atomic mass is 9.99. The number of fused-ring (bicyclic) bond motifs is 2. The minimum absolute atomic E-state index is 0.0578. The Balaban J connectivity index is 1.30. The fraction of sp³-hybridized carbons (Fsp3) is 0.343. The first-order valence-corrected chi connectivity index (χ1v) is 15.7. The third-order valence-electron chi connectivity index (χ3n) is 8.31. The van der Waals surface area contributed by atoms with Crippen LogP contribution in [0.1, 0.15) is 32.4 Å². The molecule has 0 spiro atoms. The lowest BCUT2D eigenvalue weighted by Gasteiger charge is -2.41. The van der Waals surface area contributed by atoms with Gasteiger partial charge in [-0.3, -0.25) is 14.4 Å². The Morgan fingerprint density at radius 3 is 2.57 bits per heavy atom. The Bertz CT molecular complexity index is 2010. The molecule has 0 aliphatic carbocycles. The quantitative estimate of drug-likeness (QED) is 0.0954. The van der Waals surface area contributed by atoms with Crippen LogP contribution >= 0.6 is 0 Å². The number of H-pyrrole nitrogens is 1. The molecule has 5 atom stereocenters. The number of aliphatic hydroxyl groups is 2. The Hall–Kier alpha value is -5.31. The molecule has 1 fully saturated rings. The second-order valence-electron chi connectivity index (χ2n) is 12.3. The van der Waals surface area contributed by atoms with Crippen LogP contribution in [-0.2, 0) is 25.5 Å². The Morgan fingerprint density at radius 2 is 1.84 bits per heavy atom. The summed E-state index contributed by atoms with van der Waals surface area (Å²) in [4.78, 5) is 45.7. The van der Waals surface area contributed by atoms with Crippen molar-refractivity contribution in [2.75, 3.05) is 6.61 Å². The number of hydrogen-bond acceptors (Lipinski definition) is 11. The molecule has 5 N–H and O–H groups in total. The number of carboxylic acids is 1. The second kappa shape index (κ2) is 14.0. The van der Waals surface area contributed by atoms with Gasteiger partial charge >= 0.3 is 11.9 Å². The number of carboxylic acid groups (broad SMARTS) is 1. The van der Waals surface area contributed by atoms with Crippen LogP contribution in [0.2, 0.25) is 0 Å². The van der Waals surface area contributed by atoms with E-state index in [1.165, 1.54) is 41.3 Å². The van der Waals surface area contributed by atoms with E-state index in [1.807, 2.05) is 12.3 Å². The summed E-state index contributed by atoms with van der Waals surface area (Å²) in [7, 11) is 0. The maximum Gasteiger partial charge on any atom is 0.317 e. The van der Waals surface area contributed by atoms with Crippen LogP contribution in [0.3, 0.4) is 0 Å². The summed E-state index contributed by atoms with van der Waals surface area (Å²) in [6.45, 7) is 3.63. The van der Waals surface area contributed by atoms with Gasteiger partial charge in [-0.2, -0.15) is 4.73 Å². The number of phenolic OH excluding ortho intramolecular Hbond substituents is 1. The van der Waals surface area contributed by atoms with Crippen molar-refractivity contribution in [1.82, 2.24) is 9.71 Å². The fourth-order valence-electron chi connectivity index (χ4n) is 5.70. The number of nitrogens with zero attached hydrogens (tertiary/aromatic N) is 1. The van der Waals surface area contributed by atoms with Gasteiger partial charge in [0.2, 0.25) is 12.4 Å². The summed E-state index contributed by atoms with van der Waals surface area (Å²) in [5, 5.41) is 42.0. The van der Waals surface area contributed by atoms with Gasteiger partial charge in [-0.15, -0.1) is 0 Å². The number of aryl methyl sites for hydroxylation is 1. The third-order valence-corrected chi connectivity index (χ3v) is 8.31. The zero-order valence-electron chi connectivity index (χ0n) is 26.6. The highest BCUT2D eigenvalue weighted by Gasteiger charge is 2.49. The molecule has 1 saturated heterocycles. The minimum Gasteiger partial charge on any atom is -0.508 e. The van der Waals surface area contributed by atoms with Gasteiger partial charge in [0, 0.05) is 17.6 Å². The normalized spacial score (nSPS) is 20.9. The zero-order valence-corrected chi connectivity index (χ0v) is 26.6. The van der Waals surface area contributed by atoms with E-state index in [2.05, 4.69) is 18.8 Å². The van der Waals surface area contributed by atoms with Crippen molar-refractivity contribution in [1.29, 1.82) is 0 Å². The number of carbonyl (C=O) groups is 2. The van der Waals surface area contributed by atoms with Crippen LogP contribution in [0.25, 0.3) is 33.0 Å². The average molecular weight is 677 g/mol. The van der Waals surface area contributed by atoms with E-state index in [0.29, 0.717) is 23.5 Å². The number of phenols is 1. The number of aromatic nitrogens is 2. The lowest BCUT2D eigenvalue weighted by molar-refractivity contribution is -0.288. The van der Waals surface area contributed by atoms with E-state index in [9.17, 15) is 29.7 Å². The Morgan fingerprint density at radius 1 is 1.06 bits per heavy atom. The van der Waals surface area contributed by atoms with Crippen LogP contribution in [0, 0.1) is 5.92 Å². The first kappa shape index (κ1) is 33.6. The molecule has 14 heteroatoms. The largest absolute Gasteiger partial charge is 0.508 e. The van der Waals surface area contributed by atoms with Crippen molar-refractivity contribution in [2.24, 2.45) is 5.92 Å². The van der Waals surface area contributed by atoms with E-state index in [0.717, 1.165) is 23.0 Å². The maximum atomic E-state index is 13.3. The molecule has 0 bridgehead atoms. The molecule has 0 amide bonds. The number of benzene rings is 2. The lowest BCUT2D eigenvalue weighted by Crippen LogP contribution is -2.63. The Labute approximate surface area is 279 Å². The van der Waals surface area contributed by atoms with Gasteiger partial charge in [-0.25, -0.2) is 0 Å². The number of aromatic amines is 1. The molecule has 258 valence electrons. The summed E-state index contributed by atoms with van der Waals surface area (Å²) < 4.78 is 24.5. The van der Waals surface area contributed by atoms with Crippen molar-refractivity contribution >= 4 is 33.8 Å². The standard InChI is InChI=1S/C35H36N2O12/c1-18(2)3-10-25-30-20(11-12-36-30)15-37(25)49-34-33(44)32(43)27(17-46-29(41)14-28(39)40)48-35(34)47-22-8-9-23-26(13-22)45-16-24(31(23)42)19-4-6-21(38)7-5-19/h4-9,11-13,15-16,18,27,32-36,38,43-44H,3,10,14,17H2,1-2H3,(H,39,40)/t27-,32-,33+,34-,35-/m0/s1. The predicted molar refractivity (Wildman–Crippen MR) is 174 cm³/mol. The number of hydrogen-bond donors (Lipinski definition) is 5. The van der Waals surface area contributed by atoms with E-state index < -0.39 is 55.7 Å². The summed E-state index contributed by atoms with van der Waals surface area (Å²) in [6.07, 6.45) is -1.84. The summed E-state index contributed by atoms with van der Waals surface area (Å²) in [5.74, 6) is -1.83. The molecular formula is C35H36N2O12. The van der Waals surface area contributed by atoms with Gasteiger partial charge in [0.25, 0.3) is 0 Å².